The van der Waals surface area contributed by atoms with Crippen molar-refractivity contribution in [3.63, 3.8) is 0 Å². The number of imidazole rings is 1. The number of hydrogen-bond acceptors (Lipinski definition) is 4. The topological polar surface area (TPSA) is 92.1 Å². The van der Waals surface area contributed by atoms with E-state index in [9.17, 15) is 9.59 Å². The highest BCUT2D eigenvalue weighted by atomic mass is 16.1. The smallest absolute Gasteiger partial charge is 0.265 e. The molecule has 1 amide bonds. The lowest BCUT2D eigenvalue weighted by atomic mass is 10.2. The number of nitrogens with zero attached hydrogens (tertiary/aromatic N) is 3. The number of carbonyl (C=O) groups is 1. The highest BCUT2D eigenvalue weighted by molar-refractivity contribution is 6.00. The predicted octanol–water partition coefficient (Wildman–Crippen LogP) is 1.54. The van der Waals surface area contributed by atoms with Crippen molar-refractivity contribution in [2.75, 3.05) is 6.54 Å². The number of pyridine rings is 1. The van der Waals surface area contributed by atoms with E-state index >= 15 is 0 Å². The molecule has 0 radical (unpaired) electrons. The standard InChI is InChI=1S/C18H15N5O2/c24-17(20-8-7-12-10-19-11-21-12)14-5-3-9-23-16(14)22-15-6-2-1-4-13(15)18(23)25/h1-6,9-11H,7-8H2,(H,19,21)(H,20,24). The molecular weight excluding hydrogens is 318 g/mol. The Bertz CT molecular complexity index is 1120. The minimum atomic E-state index is -0.264. The molecule has 1 aromatic carbocycles. The van der Waals surface area contributed by atoms with Crippen LogP contribution in [0.25, 0.3) is 16.6 Å². The lowest BCUT2D eigenvalue weighted by Crippen LogP contribution is -2.27. The van der Waals surface area contributed by atoms with Gasteiger partial charge in [0.25, 0.3) is 11.5 Å². The van der Waals surface area contributed by atoms with Crippen molar-refractivity contribution in [2.24, 2.45) is 0 Å². The number of aromatic nitrogens is 4. The SMILES string of the molecule is O=C(NCCc1cnc[nH]1)c1cccn2c(=O)c3ccccc3nc12. The van der Waals surface area contributed by atoms with E-state index < -0.39 is 0 Å². The van der Waals surface area contributed by atoms with Crippen LogP contribution in [0.4, 0.5) is 0 Å². The number of amides is 1. The molecule has 0 unspecified atom stereocenters. The van der Waals surface area contributed by atoms with Crippen molar-refractivity contribution >= 4 is 22.5 Å². The van der Waals surface area contributed by atoms with Gasteiger partial charge < -0.3 is 10.3 Å². The van der Waals surface area contributed by atoms with Crippen LogP contribution < -0.4 is 10.9 Å². The van der Waals surface area contributed by atoms with Crippen LogP contribution in [0.2, 0.25) is 0 Å². The van der Waals surface area contributed by atoms with Crippen molar-refractivity contribution in [1.82, 2.24) is 24.7 Å². The summed E-state index contributed by atoms with van der Waals surface area (Å²) in [5, 5.41) is 3.38. The Morgan fingerprint density at radius 3 is 2.92 bits per heavy atom. The monoisotopic (exact) mass is 333 g/mol. The van der Waals surface area contributed by atoms with E-state index in [1.54, 1.807) is 49.1 Å². The molecule has 7 nitrogen and oxygen atoms in total. The second-order valence-electron chi connectivity index (χ2n) is 5.63. The first kappa shape index (κ1) is 15.1. The lowest BCUT2D eigenvalue weighted by molar-refractivity contribution is 0.0955. The fourth-order valence-electron chi connectivity index (χ4n) is 2.78. The van der Waals surface area contributed by atoms with Gasteiger partial charge in [-0.05, 0) is 24.3 Å². The molecule has 0 aliphatic rings. The zero-order valence-electron chi connectivity index (χ0n) is 13.3. The predicted molar refractivity (Wildman–Crippen MR) is 93.6 cm³/mol. The second-order valence-corrected chi connectivity index (χ2v) is 5.63. The summed E-state index contributed by atoms with van der Waals surface area (Å²) in [4.78, 5) is 36.6. The first-order chi connectivity index (χ1) is 12.2. The number of para-hydroxylation sites is 1. The van der Waals surface area contributed by atoms with Crippen LogP contribution in [-0.4, -0.2) is 31.8 Å². The Morgan fingerprint density at radius 1 is 1.20 bits per heavy atom. The summed E-state index contributed by atoms with van der Waals surface area (Å²) in [5.74, 6) is -0.264. The zero-order chi connectivity index (χ0) is 17.2. The fraction of sp³-hybridized carbons (Fsp3) is 0.111. The van der Waals surface area contributed by atoms with Crippen LogP contribution in [0.5, 0.6) is 0 Å². The third kappa shape index (κ3) is 2.76. The van der Waals surface area contributed by atoms with E-state index in [-0.39, 0.29) is 11.5 Å². The first-order valence-electron chi connectivity index (χ1n) is 7.89. The number of fused-ring (bicyclic) bond motifs is 2. The van der Waals surface area contributed by atoms with E-state index in [1.807, 2.05) is 6.07 Å². The molecule has 0 aliphatic carbocycles. The highest BCUT2D eigenvalue weighted by Gasteiger charge is 2.13. The molecule has 4 rings (SSSR count). The maximum atomic E-state index is 12.6. The van der Waals surface area contributed by atoms with Gasteiger partial charge in [0.2, 0.25) is 0 Å². The van der Waals surface area contributed by atoms with Gasteiger partial charge in [-0.25, -0.2) is 9.97 Å². The van der Waals surface area contributed by atoms with Crippen molar-refractivity contribution in [3.8, 4) is 0 Å². The maximum Gasteiger partial charge on any atom is 0.265 e. The van der Waals surface area contributed by atoms with Crippen LogP contribution in [0.3, 0.4) is 0 Å². The van der Waals surface area contributed by atoms with E-state index in [0.29, 0.717) is 35.1 Å². The Balaban J connectivity index is 1.69. The minimum Gasteiger partial charge on any atom is -0.352 e. The molecule has 0 fully saturated rings. The normalized spacial score (nSPS) is 11.0. The number of carbonyl (C=O) groups excluding carboxylic acids is 1. The first-order valence-corrected chi connectivity index (χ1v) is 7.89. The molecule has 7 heteroatoms. The lowest BCUT2D eigenvalue weighted by Gasteiger charge is -2.09. The van der Waals surface area contributed by atoms with Gasteiger partial charge >= 0.3 is 0 Å². The van der Waals surface area contributed by atoms with E-state index in [1.165, 1.54) is 4.40 Å². The summed E-state index contributed by atoms with van der Waals surface area (Å²) in [6.45, 7) is 0.458. The number of H-pyrrole nitrogens is 1. The zero-order valence-corrected chi connectivity index (χ0v) is 13.3. The number of rotatable bonds is 4. The molecule has 2 N–H and O–H groups in total. The summed E-state index contributed by atoms with van der Waals surface area (Å²) < 4.78 is 1.41. The molecule has 0 saturated carbocycles. The molecule has 0 spiro atoms. The summed E-state index contributed by atoms with van der Waals surface area (Å²) >= 11 is 0. The molecule has 124 valence electrons. The summed E-state index contributed by atoms with van der Waals surface area (Å²) in [6, 6.07) is 10.5. The average Bonchev–Trinajstić information content (AvgIpc) is 3.15. The van der Waals surface area contributed by atoms with Crippen LogP contribution in [0, 0.1) is 0 Å². The number of benzene rings is 1. The van der Waals surface area contributed by atoms with Gasteiger partial charge in [0.05, 0.1) is 22.8 Å². The van der Waals surface area contributed by atoms with Gasteiger partial charge in [-0.2, -0.15) is 0 Å². The summed E-state index contributed by atoms with van der Waals surface area (Å²) in [6.07, 6.45) is 5.59. The Labute approximate surface area is 142 Å². The molecule has 0 bridgehead atoms. The molecule has 0 aliphatic heterocycles. The largest absolute Gasteiger partial charge is 0.352 e. The van der Waals surface area contributed by atoms with E-state index in [2.05, 4.69) is 20.3 Å². The molecule has 25 heavy (non-hydrogen) atoms. The number of aromatic amines is 1. The van der Waals surface area contributed by atoms with Gasteiger partial charge in [0, 0.05) is 31.1 Å². The Morgan fingerprint density at radius 2 is 2.08 bits per heavy atom. The van der Waals surface area contributed by atoms with Crippen molar-refractivity contribution in [3.05, 3.63) is 76.7 Å². The maximum absolute atomic E-state index is 12.6. The van der Waals surface area contributed by atoms with Gasteiger partial charge in [0.15, 0.2) is 5.65 Å². The second kappa shape index (κ2) is 6.20. The fourth-order valence-corrected chi connectivity index (χ4v) is 2.78. The highest BCUT2D eigenvalue weighted by Crippen LogP contribution is 2.12. The molecule has 3 aromatic heterocycles. The van der Waals surface area contributed by atoms with Crippen LogP contribution >= 0.6 is 0 Å². The van der Waals surface area contributed by atoms with Gasteiger partial charge in [-0.15, -0.1) is 0 Å². The number of hydrogen-bond donors (Lipinski definition) is 2. The van der Waals surface area contributed by atoms with Gasteiger partial charge in [-0.3, -0.25) is 14.0 Å². The van der Waals surface area contributed by atoms with Crippen LogP contribution in [0.15, 0.2) is 59.9 Å². The molecule has 0 atom stereocenters. The Hall–Kier alpha value is -3.48. The third-order valence-corrected chi connectivity index (χ3v) is 4.03. The quantitative estimate of drug-likeness (QED) is 0.554. The van der Waals surface area contributed by atoms with E-state index in [0.717, 1.165) is 5.69 Å². The molecular formula is C18H15N5O2. The van der Waals surface area contributed by atoms with Crippen molar-refractivity contribution < 1.29 is 4.79 Å². The Kier molecular flexibility index (Phi) is 3.74. The molecule has 4 aromatic rings. The van der Waals surface area contributed by atoms with Gasteiger partial charge in [0.1, 0.15) is 0 Å². The van der Waals surface area contributed by atoms with Gasteiger partial charge in [-0.1, -0.05) is 12.1 Å². The summed E-state index contributed by atoms with van der Waals surface area (Å²) in [7, 11) is 0. The summed E-state index contributed by atoms with van der Waals surface area (Å²) in [5.41, 5.74) is 2.05. The van der Waals surface area contributed by atoms with Crippen LogP contribution in [0.1, 0.15) is 16.1 Å². The minimum absolute atomic E-state index is 0.187. The molecule has 0 saturated heterocycles. The van der Waals surface area contributed by atoms with Crippen molar-refractivity contribution in [1.29, 1.82) is 0 Å². The third-order valence-electron chi connectivity index (χ3n) is 4.03. The molecule has 3 heterocycles. The van der Waals surface area contributed by atoms with E-state index in [4.69, 9.17) is 0 Å². The number of nitrogens with one attached hydrogen (secondary N) is 2. The van der Waals surface area contributed by atoms with Crippen molar-refractivity contribution in [2.45, 2.75) is 6.42 Å². The average molecular weight is 333 g/mol. The van der Waals surface area contributed by atoms with Crippen LogP contribution in [-0.2, 0) is 6.42 Å².